The van der Waals surface area contributed by atoms with Crippen molar-refractivity contribution in [3.63, 3.8) is 0 Å². The van der Waals surface area contributed by atoms with Crippen LogP contribution in [0.1, 0.15) is 11.7 Å². The average Bonchev–Trinajstić information content (AvgIpc) is 2.14. The van der Waals surface area contributed by atoms with Crippen LogP contribution in [0.15, 0.2) is 22.7 Å². The summed E-state index contributed by atoms with van der Waals surface area (Å²) < 4.78 is 13.4. The first-order valence-corrected chi connectivity index (χ1v) is 5.40. The molecule has 0 radical (unpaired) electrons. The standard InChI is InChI=1S/C9H10BrFO2S/c10-6-1-5(2-7(11)3-6)9(13)8(12)4-14/h1-3,8-9,12-14H,4H2. The number of hydrogen-bond acceptors (Lipinski definition) is 3. The minimum absolute atomic E-state index is 0.120. The number of thiol groups is 1. The zero-order chi connectivity index (χ0) is 10.7. The lowest BCUT2D eigenvalue weighted by molar-refractivity contribution is 0.0335. The lowest BCUT2D eigenvalue weighted by Crippen LogP contribution is -2.19. The van der Waals surface area contributed by atoms with Crippen molar-refractivity contribution in [1.29, 1.82) is 0 Å². The van der Waals surface area contributed by atoms with Gasteiger partial charge in [-0.25, -0.2) is 4.39 Å². The Morgan fingerprint density at radius 3 is 2.50 bits per heavy atom. The van der Waals surface area contributed by atoms with Crippen LogP contribution < -0.4 is 0 Å². The fourth-order valence-corrected chi connectivity index (χ4v) is 1.75. The topological polar surface area (TPSA) is 40.5 Å². The van der Waals surface area contributed by atoms with Crippen LogP contribution in [-0.2, 0) is 0 Å². The molecule has 2 atom stereocenters. The highest BCUT2D eigenvalue weighted by Crippen LogP contribution is 2.22. The molecule has 2 unspecified atom stereocenters. The van der Waals surface area contributed by atoms with Crippen molar-refractivity contribution in [3.8, 4) is 0 Å². The first kappa shape index (κ1) is 12.0. The van der Waals surface area contributed by atoms with E-state index in [4.69, 9.17) is 0 Å². The van der Waals surface area contributed by atoms with Gasteiger partial charge >= 0.3 is 0 Å². The van der Waals surface area contributed by atoms with Gasteiger partial charge < -0.3 is 10.2 Å². The number of hydrogen-bond donors (Lipinski definition) is 3. The maximum absolute atomic E-state index is 12.9. The van der Waals surface area contributed by atoms with E-state index >= 15 is 0 Å². The van der Waals surface area contributed by atoms with Gasteiger partial charge in [-0.15, -0.1) is 0 Å². The fraction of sp³-hybridized carbons (Fsp3) is 0.333. The summed E-state index contributed by atoms with van der Waals surface area (Å²) in [5, 5.41) is 18.8. The second kappa shape index (κ2) is 5.11. The molecule has 0 bridgehead atoms. The van der Waals surface area contributed by atoms with Crippen LogP contribution in [0.2, 0.25) is 0 Å². The minimum Gasteiger partial charge on any atom is -0.389 e. The van der Waals surface area contributed by atoms with Gasteiger partial charge in [-0.1, -0.05) is 15.9 Å². The van der Waals surface area contributed by atoms with E-state index in [1.54, 1.807) is 6.07 Å². The van der Waals surface area contributed by atoms with Gasteiger partial charge in [-0.05, 0) is 23.8 Å². The van der Waals surface area contributed by atoms with Crippen LogP contribution in [0.3, 0.4) is 0 Å². The maximum atomic E-state index is 12.9. The van der Waals surface area contributed by atoms with Crippen molar-refractivity contribution in [2.75, 3.05) is 5.75 Å². The summed E-state index contributed by atoms with van der Waals surface area (Å²) in [6.45, 7) is 0. The van der Waals surface area contributed by atoms with Crippen molar-refractivity contribution in [2.24, 2.45) is 0 Å². The zero-order valence-corrected chi connectivity index (χ0v) is 9.67. The third-order valence-corrected chi connectivity index (χ3v) is 2.61. The quantitative estimate of drug-likeness (QED) is 0.741. The summed E-state index contributed by atoms with van der Waals surface area (Å²) in [6, 6.07) is 4.02. The van der Waals surface area contributed by atoms with Gasteiger partial charge in [-0.2, -0.15) is 12.6 Å². The summed E-state index contributed by atoms with van der Waals surface area (Å²) >= 11 is 6.94. The Morgan fingerprint density at radius 1 is 1.36 bits per heavy atom. The lowest BCUT2D eigenvalue weighted by Gasteiger charge is -2.16. The summed E-state index contributed by atoms with van der Waals surface area (Å²) in [7, 11) is 0. The molecular weight excluding hydrogens is 271 g/mol. The van der Waals surface area contributed by atoms with Crippen LogP contribution >= 0.6 is 28.6 Å². The summed E-state index contributed by atoms with van der Waals surface area (Å²) in [4.78, 5) is 0. The lowest BCUT2D eigenvalue weighted by atomic mass is 10.1. The third kappa shape index (κ3) is 2.95. The molecule has 1 aromatic carbocycles. The third-order valence-electron chi connectivity index (χ3n) is 1.78. The van der Waals surface area contributed by atoms with Crippen LogP contribution in [-0.4, -0.2) is 22.1 Å². The largest absolute Gasteiger partial charge is 0.389 e. The van der Waals surface area contributed by atoms with E-state index in [0.29, 0.717) is 10.0 Å². The first-order chi connectivity index (χ1) is 6.54. The van der Waals surface area contributed by atoms with E-state index in [1.165, 1.54) is 12.1 Å². The van der Waals surface area contributed by atoms with Crippen molar-refractivity contribution < 1.29 is 14.6 Å². The number of aliphatic hydroxyl groups excluding tert-OH is 2. The van der Waals surface area contributed by atoms with E-state index in [2.05, 4.69) is 28.6 Å². The van der Waals surface area contributed by atoms with Crippen LogP contribution in [0, 0.1) is 5.82 Å². The van der Waals surface area contributed by atoms with Crippen LogP contribution in [0.5, 0.6) is 0 Å². The van der Waals surface area contributed by atoms with Gasteiger partial charge in [0.25, 0.3) is 0 Å². The Kier molecular flexibility index (Phi) is 4.37. The van der Waals surface area contributed by atoms with Gasteiger partial charge in [0, 0.05) is 10.2 Å². The molecule has 2 nitrogen and oxygen atoms in total. The molecule has 1 aromatic rings. The van der Waals surface area contributed by atoms with Gasteiger partial charge in [0.2, 0.25) is 0 Å². The molecule has 0 spiro atoms. The Bertz CT molecular complexity index is 301. The highest BCUT2D eigenvalue weighted by molar-refractivity contribution is 9.10. The molecule has 0 aliphatic heterocycles. The number of aliphatic hydroxyl groups is 2. The Labute approximate surface area is 95.3 Å². The van der Waals surface area contributed by atoms with Gasteiger partial charge in [-0.3, -0.25) is 0 Å². The summed E-state index contributed by atoms with van der Waals surface area (Å²) in [5.41, 5.74) is 0.332. The zero-order valence-electron chi connectivity index (χ0n) is 7.19. The monoisotopic (exact) mass is 280 g/mol. The predicted molar refractivity (Wildman–Crippen MR) is 58.9 cm³/mol. The molecule has 0 heterocycles. The predicted octanol–water partition coefficient (Wildman–Crippen LogP) is 1.91. The summed E-state index contributed by atoms with van der Waals surface area (Å²) in [5.74, 6) is -0.338. The Morgan fingerprint density at radius 2 is 2.00 bits per heavy atom. The number of halogens is 2. The highest BCUT2D eigenvalue weighted by atomic mass is 79.9. The van der Waals surface area contributed by atoms with E-state index in [1.807, 2.05) is 0 Å². The Balaban J connectivity index is 2.94. The van der Waals surface area contributed by atoms with Crippen molar-refractivity contribution in [2.45, 2.75) is 12.2 Å². The molecule has 0 saturated carbocycles. The number of benzene rings is 1. The van der Waals surface area contributed by atoms with Crippen molar-refractivity contribution >= 4 is 28.6 Å². The minimum atomic E-state index is -1.11. The molecule has 0 saturated heterocycles. The summed E-state index contributed by atoms with van der Waals surface area (Å²) in [6.07, 6.45) is -2.11. The first-order valence-electron chi connectivity index (χ1n) is 3.97. The second-order valence-electron chi connectivity index (χ2n) is 2.90. The normalized spacial score (nSPS) is 15.2. The van der Waals surface area contributed by atoms with Gasteiger partial charge in [0.05, 0.1) is 6.10 Å². The van der Waals surface area contributed by atoms with Crippen molar-refractivity contribution in [1.82, 2.24) is 0 Å². The highest BCUT2D eigenvalue weighted by Gasteiger charge is 2.17. The maximum Gasteiger partial charge on any atom is 0.124 e. The van der Waals surface area contributed by atoms with Gasteiger partial charge in [0.1, 0.15) is 11.9 Å². The molecule has 14 heavy (non-hydrogen) atoms. The molecule has 0 amide bonds. The molecule has 0 aromatic heterocycles. The van der Waals surface area contributed by atoms with Crippen LogP contribution in [0.4, 0.5) is 4.39 Å². The molecule has 0 fully saturated rings. The molecule has 1 rings (SSSR count). The molecular formula is C9H10BrFO2S. The molecule has 2 N–H and O–H groups in total. The average molecular weight is 281 g/mol. The number of rotatable bonds is 3. The van der Waals surface area contributed by atoms with E-state index in [9.17, 15) is 14.6 Å². The smallest absolute Gasteiger partial charge is 0.124 e. The van der Waals surface area contributed by atoms with E-state index in [-0.39, 0.29) is 5.75 Å². The van der Waals surface area contributed by atoms with Crippen molar-refractivity contribution in [3.05, 3.63) is 34.1 Å². The molecule has 5 heteroatoms. The SMILES string of the molecule is OC(CS)C(O)c1cc(F)cc(Br)c1. The van der Waals surface area contributed by atoms with E-state index < -0.39 is 18.0 Å². The second-order valence-corrected chi connectivity index (χ2v) is 4.18. The fourth-order valence-electron chi connectivity index (χ4n) is 1.07. The van der Waals surface area contributed by atoms with Gasteiger partial charge in [0.15, 0.2) is 0 Å². The van der Waals surface area contributed by atoms with E-state index in [0.717, 1.165) is 0 Å². The molecule has 78 valence electrons. The van der Waals surface area contributed by atoms with Crippen LogP contribution in [0.25, 0.3) is 0 Å². The molecule has 0 aliphatic carbocycles. The Hall–Kier alpha value is -0.100. The molecule has 0 aliphatic rings.